The highest BCUT2D eigenvalue weighted by atomic mass is 32.2. The number of hydrogen-bond acceptors (Lipinski definition) is 3. The second-order valence-electron chi connectivity index (χ2n) is 4.62. The number of thioether (sulfide) groups is 1. The molecule has 0 aromatic carbocycles. The third kappa shape index (κ3) is 2.25. The largest absolute Gasteiger partial charge is 0.270 e. The van der Waals surface area contributed by atoms with E-state index < -0.39 is 0 Å². The van der Waals surface area contributed by atoms with Crippen molar-refractivity contribution >= 4 is 11.8 Å². The molecular weight excluding hydrogens is 218 g/mol. The average Bonchev–Trinajstić information content (AvgIpc) is 2.88. The number of aromatic nitrogens is 2. The van der Waals surface area contributed by atoms with Gasteiger partial charge in [-0.25, -0.2) is 0 Å². The Morgan fingerprint density at radius 3 is 3.00 bits per heavy atom. The maximum Gasteiger partial charge on any atom is 0.108 e. The molecule has 0 N–H and O–H groups in total. The molecule has 3 nitrogen and oxygen atoms in total. The second-order valence-corrected chi connectivity index (χ2v) is 6.09. The predicted molar refractivity (Wildman–Crippen MR) is 66.4 cm³/mol. The Labute approximate surface area is 101 Å². The van der Waals surface area contributed by atoms with Crippen LogP contribution in [-0.2, 0) is 6.42 Å². The quantitative estimate of drug-likeness (QED) is 0.809. The molecule has 0 spiro atoms. The first kappa shape index (κ1) is 11.5. The van der Waals surface area contributed by atoms with Gasteiger partial charge in [-0.15, -0.1) is 11.8 Å². The lowest BCUT2D eigenvalue weighted by Gasteiger charge is -2.17. The van der Waals surface area contributed by atoms with Crippen LogP contribution in [0.2, 0.25) is 0 Å². The molecule has 0 amide bonds. The summed E-state index contributed by atoms with van der Waals surface area (Å²) in [5.41, 5.74) is 1.05. The molecule has 86 valence electrons. The predicted octanol–water partition coefficient (Wildman–Crippen LogP) is 2.80. The maximum absolute atomic E-state index is 9.29. The van der Waals surface area contributed by atoms with E-state index in [1.165, 1.54) is 0 Å². The Hall–Kier alpha value is -0.950. The summed E-state index contributed by atoms with van der Waals surface area (Å²) in [5.74, 6) is 1.11. The topological polar surface area (TPSA) is 41.6 Å². The zero-order valence-electron chi connectivity index (χ0n) is 9.81. The van der Waals surface area contributed by atoms with Crippen molar-refractivity contribution in [3.63, 3.8) is 0 Å². The Bertz CT molecular complexity index is 397. The fourth-order valence-electron chi connectivity index (χ4n) is 2.02. The van der Waals surface area contributed by atoms with E-state index in [0.717, 1.165) is 30.7 Å². The normalized spacial score (nSPS) is 24.9. The molecule has 0 saturated carbocycles. The van der Waals surface area contributed by atoms with Crippen LogP contribution >= 0.6 is 11.8 Å². The molecule has 16 heavy (non-hydrogen) atoms. The SMILES string of the molecule is CC(C)n1ccc(CC2(C#N)CCCS2)n1. The summed E-state index contributed by atoms with van der Waals surface area (Å²) < 4.78 is 1.75. The van der Waals surface area contributed by atoms with Gasteiger partial charge in [0.15, 0.2) is 0 Å². The van der Waals surface area contributed by atoms with Crippen molar-refractivity contribution in [2.75, 3.05) is 5.75 Å². The highest BCUT2D eigenvalue weighted by Crippen LogP contribution is 2.39. The summed E-state index contributed by atoms with van der Waals surface area (Å²) >= 11 is 1.79. The van der Waals surface area contributed by atoms with E-state index in [0.29, 0.717) is 6.04 Å². The van der Waals surface area contributed by atoms with Gasteiger partial charge in [0.2, 0.25) is 0 Å². The third-order valence-electron chi connectivity index (χ3n) is 2.97. The van der Waals surface area contributed by atoms with Gasteiger partial charge in [-0.3, -0.25) is 4.68 Å². The van der Waals surface area contributed by atoms with Gasteiger partial charge in [0.1, 0.15) is 4.75 Å². The van der Waals surface area contributed by atoms with Crippen molar-refractivity contribution in [1.29, 1.82) is 5.26 Å². The number of nitrogens with zero attached hydrogens (tertiary/aromatic N) is 3. The van der Waals surface area contributed by atoms with Crippen molar-refractivity contribution in [3.05, 3.63) is 18.0 Å². The van der Waals surface area contributed by atoms with Crippen LogP contribution in [0.3, 0.4) is 0 Å². The first-order chi connectivity index (χ1) is 7.65. The summed E-state index contributed by atoms with van der Waals surface area (Å²) in [6.45, 7) is 4.22. The monoisotopic (exact) mass is 235 g/mol. The molecule has 0 bridgehead atoms. The number of nitriles is 1. The van der Waals surface area contributed by atoms with E-state index in [1.807, 2.05) is 16.9 Å². The number of hydrogen-bond donors (Lipinski definition) is 0. The summed E-state index contributed by atoms with van der Waals surface area (Å²) in [6, 6.07) is 4.91. The van der Waals surface area contributed by atoms with Gasteiger partial charge in [-0.05, 0) is 38.5 Å². The zero-order valence-corrected chi connectivity index (χ0v) is 10.6. The second kappa shape index (κ2) is 4.50. The third-order valence-corrected chi connectivity index (χ3v) is 4.45. The van der Waals surface area contributed by atoms with E-state index in [9.17, 15) is 5.26 Å². The van der Waals surface area contributed by atoms with Crippen molar-refractivity contribution < 1.29 is 0 Å². The molecule has 0 aliphatic carbocycles. The highest BCUT2D eigenvalue weighted by molar-refractivity contribution is 8.01. The van der Waals surface area contributed by atoms with Gasteiger partial charge in [-0.1, -0.05) is 0 Å². The van der Waals surface area contributed by atoms with E-state index in [4.69, 9.17) is 0 Å². The van der Waals surface area contributed by atoms with Crippen LogP contribution in [0.5, 0.6) is 0 Å². The maximum atomic E-state index is 9.29. The minimum Gasteiger partial charge on any atom is -0.270 e. The summed E-state index contributed by atoms with van der Waals surface area (Å²) in [4.78, 5) is 0. The molecule has 1 unspecified atom stereocenters. The fraction of sp³-hybridized carbons (Fsp3) is 0.667. The lowest BCUT2D eigenvalue weighted by Crippen LogP contribution is -2.22. The van der Waals surface area contributed by atoms with Crippen LogP contribution in [0.4, 0.5) is 0 Å². The van der Waals surface area contributed by atoms with Gasteiger partial charge in [0, 0.05) is 18.7 Å². The van der Waals surface area contributed by atoms with E-state index in [-0.39, 0.29) is 4.75 Å². The first-order valence-corrected chi connectivity index (χ1v) is 6.73. The minimum atomic E-state index is -0.212. The van der Waals surface area contributed by atoms with Crippen molar-refractivity contribution in [1.82, 2.24) is 9.78 Å². The van der Waals surface area contributed by atoms with Gasteiger partial charge in [-0.2, -0.15) is 10.4 Å². The van der Waals surface area contributed by atoms with Crippen molar-refractivity contribution in [2.45, 2.75) is 43.9 Å². The summed E-state index contributed by atoms with van der Waals surface area (Å²) in [7, 11) is 0. The molecule has 2 heterocycles. The minimum absolute atomic E-state index is 0.212. The first-order valence-electron chi connectivity index (χ1n) is 5.74. The van der Waals surface area contributed by atoms with E-state index >= 15 is 0 Å². The van der Waals surface area contributed by atoms with Crippen LogP contribution < -0.4 is 0 Å². The average molecular weight is 235 g/mol. The molecule has 1 saturated heterocycles. The molecule has 1 aliphatic heterocycles. The molecule has 1 aromatic heterocycles. The van der Waals surface area contributed by atoms with E-state index in [2.05, 4.69) is 25.0 Å². The van der Waals surface area contributed by atoms with Crippen molar-refractivity contribution in [3.8, 4) is 6.07 Å². The van der Waals surface area contributed by atoms with Crippen LogP contribution in [0, 0.1) is 11.3 Å². The Morgan fingerprint density at radius 1 is 1.69 bits per heavy atom. The lowest BCUT2D eigenvalue weighted by molar-refractivity contribution is 0.522. The van der Waals surface area contributed by atoms with E-state index in [1.54, 1.807) is 11.8 Å². The molecule has 0 radical (unpaired) electrons. The zero-order chi connectivity index (χ0) is 11.6. The smallest absolute Gasteiger partial charge is 0.108 e. The van der Waals surface area contributed by atoms with Gasteiger partial charge in [0.25, 0.3) is 0 Å². The lowest BCUT2D eigenvalue weighted by atomic mass is 9.99. The molecule has 4 heteroatoms. The molecule has 2 rings (SSSR count). The molecular formula is C12H17N3S. The molecule has 1 aromatic rings. The Kier molecular flexibility index (Phi) is 3.25. The Morgan fingerprint density at radius 2 is 2.50 bits per heavy atom. The Balaban J connectivity index is 2.11. The number of rotatable bonds is 3. The van der Waals surface area contributed by atoms with Crippen LogP contribution in [-0.4, -0.2) is 20.3 Å². The summed E-state index contributed by atoms with van der Waals surface area (Å²) in [6.07, 6.45) is 4.95. The van der Waals surface area contributed by atoms with Crippen LogP contribution in [0.25, 0.3) is 0 Å². The summed E-state index contributed by atoms with van der Waals surface area (Å²) in [5, 5.41) is 13.8. The standard InChI is InChI=1S/C12H17N3S/c1-10(2)15-6-4-11(14-15)8-12(9-13)5-3-7-16-12/h4,6,10H,3,5,7-8H2,1-2H3. The van der Waals surface area contributed by atoms with Crippen LogP contribution in [0.15, 0.2) is 12.3 Å². The van der Waals surface area contributed by atoms with Crippen LogP contribution in [0.1, 0.15) is 38.4 Å². The van der Waals surface area contributed by atoms with Gasteiger partial charge >= 0.3 is 0 Å². The molecule has 1 atom stereocenters. The molecule has 1 aliphatic rings. The van der Waals surface area contributed by atoms with Gasteiger partial charge in [0.05, 0.1) is 11.8 Å². The highest BCUT2D eigenvalue weighted by Gasteiger charge is 2.35. The fourth-order valence-corrected chi connectivity index (χ4v) is 3.30. The van der Waals surface area contributed by atoms with Crippen molar-refractivity contribution in [2.24, 2.45) is 0 Å². The van der Waals surface area contributed by atoms with Gasteiger partial charge < -0.3 is 0 Å². The molecule has 1 fully saturated rings.